The van der Waals surface area contributed by atoms with Crippen molar-refractivity contribution in [2.75, 3.05) is 24.6 Å². The van der Waals surface area contributed by atoms with Crippen LogP contribution >= 0.6 is 11.8 Å². The van der Waals surface area contributed by atoms with E-state index >= 15 is 0 Å². The Kier molecular flexibility index (Phi) is 3.52. The molecule has 2 saturated heterocycles. The van der Waals surface area contributed by atoms with Crippen LogP contribution in [0.15, 0.2) is 0 Å². The maximum absolute atomic E-state index is 5.76. The molecule has 1 N–H and O–H groups in total. The molecule has 0 amide bonds. The van der Waals surface area contributed by atoms with Crippen molar-refractivity contribution in [1.29, 1.82) is 0 Å². The minimum absolute atomic E-state index is 0.510. The first-order valence-corrected chi connectivity index (χ1v) is 6.44. The molecule has 0 radical (unpaired) electrons. The van der Waals surface area contributed by atoms with E-state index in [1.165, 1.54) is 37.4 Å². The Labute approximate surface area is 84.8 Å². The Morgan fingerprint density at radius 3 is 2.69 bits per heavy atom. The summed E-state index contributed by atoms with van der Waals surface area (Å²) in [7, 11) is 0. The van der Waals surface area contributed by atoms with Gasteiger partial charge in [-0.3, -0.25) is 0 Å². The third-order valence-corrected chi connectivity index (χ3v) is 4.16. The number of nitrogens with one attached hydrogen (secondary N) is 1. The molecule has 0 saturated carbocycles. The predicted octanol–water partition coefficient (Wildman–Crippen LogP) is 1.51. The van der Waals surface area contributed by atoms with Crippen molar-refractivity contribution < 1.29 is 4.74 Å². The van der Waals surface area contributed by atoms with Crippen molar-refractivity contribution in [3.63, 3.8) is 0 Å². The fourth-order valence-electron chi connectivity index (χ4n) is 1.84. The van der Waals surface area contributed by atoms with Gasteiger partial charge in [-0.05, 0) is 44.5 Å². The summed E-state index contributed by atoms with van der Waals surface area (Å²) in [5, 5.41) is 3.30. The molecule has 0 aliphatic carbocycles. The lowest BCUT2D eigenvalue weighted by Crippen LogP contribution is -2.43. The van der Waals surface area contributed by atoms with Gasteiger partial charge in [0.15, 0.2) is 0 Å². The molecule has 0 aromatic carbocycles. The van der Waals surface area contributed by atoms with Gasteiger partial charge >= 0.3 is 0 Å². The number of ether oxygens (including phenoxy) is 1. The average molecular weight is 201 g/mol. The lowest BCUT2D eigenvalue weighted by Gasteiger charge is -2.26. The summed E-state index contributed by atoms with van der Waals surface area (Å²) >= 11 is 2.07. The van der Waals surface area contributed by atoms with E-state index in [0.717, 1.165) is 5.92 Å². The second-order valence-electron chi connectivity index (χ2n) is 4.21. The van der Waals surface area contributed by atoms with Crippen LogP contribution < -0.4 is 5.32 Å². The van der Waals surface area contributed by atoms with E-state index in [9.17, 15) is 0 Å². The molecule has 13 heavy (non-hydrogen) atoms. The summed E-state index contributed by atoms with van der Waals surface area (Å²) in [4.78, 5) is 0. The standard InChI is InChI=1S/C10H19NOS/c1-8-2-3-10(12-8)7-13-6-9-4-11-5-9/h8-11H,2-7H2,1H3. The lowest BCUT2D eigenvalue weighted by atomic mass is 10.1. The van der Waals surface area contributed by atoms with E-state index in [1.807, 2.05) is 0 Å². The van der Waals surface area contributed by atoms with Gasteiger partial charge in [-0.1, -0.05) is 0 Å². The van der Waals surface area contributed by atoms with Gasteiger partial charge < -0.3 is 10.1 Å². The first-order chi connectivity index (χ1) is 6.34. The molecule has 3 heteroatoms. The SMILES string of the molecule is CC1CCC(CSCC2CNC2)O1. The summed E-state index contributed by atoms with van der Waals surface area (Å²) in [6.07, 6.45) is 3.59. The van der Waals surface area contributed by atoms with Crippen LogP contribution in [0, 0.1) is 5.92 Å². The molecular weight excluding hydrogens is 182 g/mol. The van der Waals surface area contributed by atoms with E-state index in [-0.39, 0.29) is 0 Å². The van der Waals surface area contributed by atoms with Crippen molar-refractivity contribution >= 4 is 11.8 Å². The lowest BCUT2D eigenvalue weighted by molar-refractivity contribution is 0.0699. The maximum atomic E-state index is 5.76. The molecule has 2 heterocycles. The highest BCUT2D eigenvalue weighted by Crippen LogP contribution is 2.23. The van der Waals surface area contributed by atoms with Gasteiger partial charge in [0.1, 0.15) is 0 Å². The third-order valence-electron chi connectivity index (χ3n) is 2.84. The molecular formula is C10H19NOS. The van der Waals surface area contributed by atoms with E-state index in [2.05, 4.69) is 24.0 Å². The van der Waals surface area contributed by atoms with E-state index in [1.54, 1.807) is 0 Å². The molecule has 2 aliphatic rings. The summed E-state index contributed by atoms with van der Waals surface area (Å²) < 4.78 is 5.76. The van der Waals surface area contributed by atoms with Gasteiger partial charge in [0.05, 0.1) is 12.2 Å². The first kappa shape index (κ1) is 9.81. The second-order valence-corrected chi connectivity index (χ2v) is 5.28. The number of hydrogen-bond donors (Lipinski definition) is 1. The number of hydrogen-bond acceptors (Lipinski definition) is 3. The van der Waals surface area contributed by atoms with Crippen LogP contribution in [0.4, 0.5) is 0 Å². The van der Waals surface area contributed by atoms with Gasteiger partial charge in [0.2, 0.25) is 0 Å². The topological polar surface area (TPSA) is 21.3 Å². The zero-order chi connectivity index (χ0) is 9.10. The number of thioether (sulfide) groups is 1. The van der Waals surface area contributed by atoms with Crippen LogP contribution in [0.1, 0.15) is 19.8 Å². The van der Waals surface area contributed by atoms with Crippen molar-refractivity contribution in [3.8, 4) is 0 Å². The van der Waals surface area contributed by atoms with Crippen LogP contribution in [0.3, 0.4) is 0 Å². The smallest absolute Gasteiger partial charge is 0.0670 e. The largest absolute Gasteiger partial charge is 0.374 e. The highest BCUT2D eigenvalue weighted by atomic mass is 32.2. The Hall–Kier alpha value is 0.270. The summed E-state index contributed by atoms with van der Waals surface area (Å²) in [5.74, 6) is 3.46. The second kappa shape index (κ2) is 4.67. The molecule has 2 unspecified atom stereocenters. The minimum atomic E-state index is 0.510. The van der Waals surface area contributed by atoms with Gasteiger partial charge in [-0.2, -0.15) is 11.8 Å². The van der Waals surface area contributed by atoms with Crippen molar-refractivity contribution in [2.45, 2.75) is 32.0 Å². The Morgan fingerprint density at radius 2 is 2.15 bits per heavy atom. The van der Waals surface area contributed by atoms with Crippen LogP contribution in [-0.2, 0) is 4.74 Å². The molecule has 2 atom stereocenters. The van der Waals surface area contributed by atoms with Gasteiger partial charge in [0.25, 0.3) is 0 Å². The highest BCUT2D eigenvalue weighted by molar-refractivity contribution is 7.99. The van der Waals surface area contributed by atoms with E-state index < -0.39 is 0 Å². The van der Waals surface area contributed by atoms with Gasteiger partial charge in [0, 0.05) is 5.75 Å². The quantitative estimate of drug-likeness (QED) is 0.745. The van der Waals surface area contributed by atoms with Crippen LogP contribution in [0.5, 0.6) is 0 Å². The monoisotopic (exact) mass is 201 g/mol. The molecule has 0 spiro atoms. The molecule has 0 aromatic rings. The zero-order valence-corrected chi connectivity index (χ0v) is 9.11. The molecule has 76 valence electrons. The van der Waals surface area contributed by atoms with Gasteiger partial charge in [-0.25, -0.2) is 0 Å². The zero-order valence-electron chi connectivity index (χ0n) is 8.29. The third kappa shape index (κ3) is 2.86. The normalized spacial score (nSPS) is 34.8. The molecule has 0 aromatic heterocycles. The van der Waals surface area contributed by atoms with Crippen LogP contribution in [0.25, 0.3) is 0 Å². The maximum Gasteiger partial charge on any atom is 0.0670 e. The van der Waals surface area contributed by atoms with E-state index in [0.29, 0.717) is 12.2 Å². The molecule has 2 fully saturated rings. The van der Waals surface area contributed by atoms with Crippen LogP contribution in [-0.4, -0.2) is 36.8 Å². The highest BCUT2D eigenvalue weighted by Gasteiger charge is 2.22. The molecule has 0 bridgehead atoms. The summed E-state index contributed by atoms with van der Waals surface area (Å²) in [5.41, 5.74) is 0. The summed E-state index contributed by atoms with van der Waals surface area (Å²) in [6.45, 7) is 4.64. The van der Waals surface area contributed by atoms with Crippen molar-refractivity contribution in [2.24, 2.45) is 5.92 Å². The fourth-order valence-corrected chi connectivity index (χ4v) is 3.05. The first-order valence-electron chi connectivity index (χ1n) is 5.28. The number of rotatable bonds is 4. The van der Waals surface area contributed by atoms with Crippen molar-refractivity contribution in [1.82, 2.24) is 5.32 Å². The van der Waals surface area contributed by atoms with Crippen molar-refractivity contribution in [3.05, 3.63) is 0 Å². The predicted molar refractivity (Wildman–Crippen MR) is 57.3 cm³/mol. The Bertz CT molecular complexity index is 161. The summed E-state index contributed by atoms with van der Waals surface area (Å²) in [6, 6.07) is 0. The Morgan fingerprint density at radius 1 is 1.31 bits per heavy atom. The fraction of sp³-hybridized carbons (Fsp3) is 1.00. The minimum Gasteiger partial charge on any atom is -0.374 e. The molecule has 2 rings (SSSR count). The van der Waals surface area contributed by atoms with Crippen LogP contribution in [0.2, 0.25) is 0 Å². The molecule has 2 nitrogen and oxygen atoms in total. The van der Waals surface area contributed by atoms with E-state index in [4.69, 9.17) is 4.74 Å². The molecule has 2 aliphatic heterocycles. The Balaban J connectivity index is 1.52. The van der Waals surface area contributed by atoms with Gasteiger partial charge in [-0.15, -0.1) is 0 Å². The average Bonchev–Trinajstić information content (AvgIpc) is 2.42.